The summed E-state index contributed by atoms with van der Waals surface area (Å²) in [6.45, 7) is 3.87. The largest absolute Gasteiger partial charge is 0.394 e. The Morgan fingerprint density at radius 1 is 0.442 bits per heavy atom. The molecule has 9 heteroatoms. The van der Waals surface area contributed by atoms with E-state index in [9.17, 15) is 30.3 Å². The normalized spacial score (nSPS) is 18.9. The summed E-state index contributed by atoms with van der Waals surface area (Å²) >= 11 is 0. The van der Waals surface area contributed by atoms with Gasteiger partial charge in [-0.3, -0.25) is 4.79 Å². The number of ether oxygens (including phenoxy) is 2. The Balaban J connectivity index is 2.13. The van der Waals surface area contributed by atoms with E-state index in [4.69, 9.17) is 9.47 Å². The molecule has 0 aromatic rings. The first-order valence-electron chi connectivity index (χ1n) is 33.7. The number of unbranched alkanes of at least 4 members (excludes halogenated alkanes) is 43. The second-order valence-corrected chi connectivity index (χ2v) is 23.6. The van der Waals surface area contributed by atoms with Crippen molar-refractivity contribution < 1.29 is 39.8 Å². The molecule has 77 heavy (non-hydrogen) atoms. The van der Waals surface area contributed by atoms with Crippen molar-refractivity contribution in [1.29, 1.82) is 0 Å². The molecule has 7 unspecified atom stereocenters. The first-order chi connectivity index (χ1) is 37.8. The molecule has 1 heterocycles. The molecule has 0 aliphatic carbocycles. The maximum Gasteiger partial charge on any atom is 0.220 e. The number of hydrogen-bond donors (Lipinski definition) is 6. The van der Waals surface area contributed by atoms with Crippen LogP contribution in [0.25, 0.3) is 0 Å². The number of rotatable bonds is 59. The van der Waals surface area contributed by atoms with Crippen LogP contribution in [0.3, 0.4) is 0 Å². The van der Waals surface area contributed by atoms with Crippen molar-refractivity contribution >= 4 is 5.91 Å². The van der Waals surface area contributed by atoms with E-state index in [2.05, 4.69) is 55.6 Å². The summed E-state index contributed by atoms with van der Waals surface area (Å²) in [6.07, 6.45) is 69.1. The van der Waals surface area contributed by atoms with Crippen LogP contribution in [0.5, 0.6) is 0 Å². The zero-order valence-electron chi connectivity index (χ0n) is 50.7. The fourth-order valence-corrected chi connectivity index (χ4v) is 10.9. The summed E-state index contributed by atoms with van der Waals surface area (Å²) in [4.78, 5) is 13.1. The maximum atomic E-state index is 13.1. The van der Waals surface area contributed by atoms with Gasteiger partial charge in [0.2, 0.25) is 5.91 Å². The maximum absolute atomic E-state index is 13.1. The molecule has 9 nitrogen and oxygen atoms in total. The van der Waals surface area contributed by atoms with Crippen LogP contribution >= 0.6 is 0 Å². The number of allylic oxidation sites excluding steroid dienone is 6. The highest BCUT2D eigenvalue weighted by Crippen LogP contribution is 2.24. The highest BCUT2D eigenvalue weighted by atomic mass is 16.7. The molecule has 454 valence electrons. The van der Waals surface area contributed by atoms with Gasteiger partial charge in [-0.25, -0.2) is 0 Å². The minimum atomic E-state index is -1.56. The lowest BCUT2D eigenvalue weighted by Gasteiger charge is -2.40. The molecule has 1 aliphatic rings. The van der Waals surface area contributed by atoms with Gasteiger partial charge in [-0.05, 0) is 51.4 Å². The molecular weight excluding hydrogens is 959 g/mol. The van der Waals surface area contributed by atoms with Crippen molar-refractivity contribution in [2.24, 2.45) is 0 Å². The van der Waals surface area contributed by atoms with Crippen molar-refractivity contribution in [3.8, 4) is 0 Å². The summed E-state index contributed by atoms with van der Waals surface area (Å²) in [7, 11) is 0. The summed E-state index contributed by atoms with van der Waals surface area (Å²) < 4.78 is 11.4. The SMILES string of the molecule is CCCCCCC/C=C\C/C=C\C/C=C\CCCCCCCCCCC(=O)NC(COC1OC(CO)C(O)C(O)C1O)C(O)CCCCCCCCCCCCCCCCCCCCCCCCCCCCCCCCC. The third-order valence-corrected chi connectivity index (χ3v) is 16.2. The molecule has 0 bridgehead atoms. The van der Waals surface area contributed by atoms with Gasteiger partial charge in [0, 0.05) is 6.42 Å². The van der Waals surface area contributed by atoms with E-state index < -0.39 is 49.5 Å². The van der Waals surface area contributed by atoms with Crippen LogP contribution in [0.1, 0.15) is 335 Å². The standard InChI is InChI=1S/C68H129NO8/c1-3-5-7-9-11-13-15-17-19-21-23-25-27-28-29-30-31-32-33-34-36-37-39-41-43-45-47-49-51-53-55-57-62(71)61(60-76-68-67(75)66(74)65(73)63(59-70)77-68)69-64(72)58-56-54-52-50-48-46-44-42-40-38-35-26-24-22-20-18-16-14-12-10-8-6-4-2/h16,18,22,24,35,38,61-63,65-68,70-71,73-75H,3-15,17,19-21,23,25-34,36-37,39-60H2,1-2H3,(H,69,72)/b18-16-,24-22-,38-35-. The van der Waals surface area contributed by atoms with Crippen LogP contribution in [0.15, 0.2) is 36.5 Å². The molecule has 0 spiro atoms. The van der Waals surface area contributed by atoms with Gasteiger partial charge < -0.3 is 40.3 Å². The number of aliphatic hydroxyl groups excluding tert-OH is 5. The van der Waals surface area contributed by atoms with Gasteiger partial charge in [0.1, 0.15) is 24.4 Å². The van der Waals surface area contributed by atoms with Crippen LogP contribution in [0.2, 0.25) is 0 Å². The smallest absolute Gasteiger partial charge is 0.220 e. The van der Waals surface area contributed by atoms with Crippen LogP contribution in [-0.4, -0.2) is 87.5 Å². The number of amides is 1. The Kier molecular flexibility index (Phi) is 55.0. The fraction of sp³-hybridized carbons (Fsp3) is 0.897. The topological polar surface area (TPSA) is 149 Å². The van der Waals surface area contributed by atoms with Gasteiger partial charge in [0.25, 0.3) is 0 Å². The average Bonchev–Trinajstić information content (AvgIpc) is 3.43. The predicted molar refractivity (Wildman–Crippen MR) is 327 cm³/mol. The number of nitrogens with one attached hydrogen (secondary N) is 1. The Morgan fingerprint density at radius 3 is 1.13 bits per heavy atom. The lowest BCUT2D eigenvalue weighted by atomic mass is 9.99. The van der Waals surface area contributed by atoms with Gasteiger partial charge in [-0.15, -0.1) is 0 Å². The number of carbonyl (C=O) groups is 1. The van der Waals surface area contributed by atoms with E-state index >= 15 is 0 Å². The van der Waals surface area contributed by atoms with Gasteiger partial charge >= 0.3 is 0 Å². The van der Waals surface area contributed by atoms with Crippen LogP contribution < -0.4 is 5.32 Å². The third kappa shape index (κ3) is 46.7. The highest BCUT2D eigenvalue weighted by molar-refractivity contribution is 5.76. The lowest BCUT2D eigenvalue weighted by Crippen LogP contribution is -2.60. The second kappa shape index (κ2) is 57.6. The Morgan fingerprint density at radius 2 is 0.766 bits per heavy atom. The highest BCUT2D eigenvalue weighted by Gasteiger charge is 2.44. The van der Waals surface area contributed by atoms with Crippen molar-refractivity contribution in [3.05, 3.63) is 36.5 Å². The van der Waals surface area contributed by atoms with Crippen LogP contribution in [0.4, 0.5) is 0 Å². The molecule has 0 aromatic heterocycles. The molecule has 1 amide bonds. The molecule has 0 aromatic carbocycles. The van der Waals surface area contributed by atoms with Gasteiger partial charge in [-0.2, -0.15) is 0 Å². The molecule has 0 saturated carbocycles. The Labute approximate surface area is 476 Å². The van der Waals surface area contributed by atoms with E-state index in [1.807, 2.05) is 0 Å². The zero-order valence-corrected chi connectivity index (χ0v) is 50.7. The van der Waals surface area contributed by atoms with Gasteiger partial charge in [0.05, 0.1) is 25.4 Å². The summed E-state index contributed by atoms with van der Waals surface area (Å²) in [5, 5.41) is 54.9. The van der Waals surface area contributed by atoms with Gasteiger partial charge in [0.15, 0.2) is 6.29 Å². The lowest BCUT2D eigenvalue weighted by molar-refractivity contribution is -0.302. The van der Waals surface area contributed by atoms with E-state index in [-0.39, 0.29) is 12.5 Å². The number of aliphatic hydroxyl groups is 5. The fourth-order valence-electron chi connectivity index (χ4n) is 10.9. The molecule has 1 aliphatic heterocycles. The number of hydrogen-bond acceptors (Lipinski definition) is 8. The van der Waals surface area contributed by atoms with E-state index in [0.717, 1.165) is 57.8 Å². The molecule has 7 atom stereocenters. The zero-order chi connectivity index (χ0) is 55.8. The average molecular weight is 1090 g/mol. The van der Waals surface area contributed by atoms with Gasteiger partial charge in [-0.1, -0.05) is 314 Å². The monoisotopic (exact) mass is 1090 g/mol. The molecule has 1 rings (SSSR count). The summed E-state index contributed by atoms with van der Waals surface area (Å²) in [5.41, 5.74) is 0. The Bertz CT molecular complexity index is 1310. The second-order valence-electron chi connectivity index (χ2n) is 23.6. The van der Waals surface area contributed by atoms with E-state index in [0.29, 0.717) is 12.8 Å². The summed E-state index contributed by atoms with van der Waals surface area (Å²) in [5.74, 6) is -0.147. The first kappa shape index (κ1) is 73.4. The van der Waals surface area contributed by atoms with Crippen molar-refractivity contribution in [2.45, 2.75) is 378 Å². The van der Waals surface area contributed by atoms with Crippen molar-refractivity contribution in [2.75, 3.05) is 13.2 Å². The molecule has 1 fully saturated rings. The van der Waals surface area contributed by atoms with E-state index in [1.54, 1.807) is 0 Å². The third-order valence-electron chi connectivity index (χ3n) is 16.2. The van der Waals surface area contributed by atoms with Crippen molar-refractivity contribution in [1.82, 2.24) is 5.32 Å². The Hall–Kier alpha value is -1.59. The van der Waals surface area contributed by atoms with Crippen molar-refractivity contribution in [3.63, 3.8) is 0 Å². The first-order valence-corrected chi connectivity index (χ1v) is 33.7. The minimum Gasteiger partial charge on any atom is -0.394 e. The van der Waals surface area contributed by atoms with Crippen LogP contribution in [0, 0.1) is 0 Å². The minimum absolute atomic E-state index is 0.140. The summed E-state index contributed by atoms with van der Waals surface area (Å²) in [6, 6.07) is -0.725. The molecule has 1 saturated heterocycles. The molecule has 6 N–H and O–H groups in total. The number of carbonyl (C=O) groups excluding carboxylic acids is 1. The van der Waals surface area contributed by atoms with E-state index in [1.165, 1.54) is 250 Å². The molecule has 0 radical (unpaired) electrons. The molecular formula is C68H129NO8. The quantitative estimate of drug-likeness (QED) is 0.0261. The van der Waals surface area contributed by atoms with Crippen LogP contribution in [-0.2, 0) is 14.3 Å². The predicted octanol–water partition coefficient (Wildman–Crippen LogP) is 17.9.